The van der Waals surface area contributed by atoms with E-state index in [0.717, 1.165) is 63.5 Å². The molecule has 1 unspecified atom stereocenters. The Morgan fingerprint density at radius 1 is 0.812 bits per heavy atom. The van der Waals surface area contributed by atoms with Crippen LogP contribution in [-0.4, -0.2) is 18.3 Å². The lowest BCUT2D eigenvalue weighted by atomic mass is 10.1. The van der Waals surface area contributed by atoms with E-state index in [1.54, 1.807) is 0 Å². The second-order valence-corrected chi connectivity index (χ2v) is 9.44. The predicted molar refractivity (Wildman–Crippen MR) is 137 cm³/mol. The molecule has 5 heteroatoms. The SMILES string of the molecule is C#CCCCCCCCCC=C(CC(=CCCCCCCCCC#C)[P+](=N)[O-])NCCO. The Bertz CT molecular complexity index is 614. The summed E-state index contributed by atoms with van der Waals surface area (Å²) in [5, 5.41) is 20.9. The van der Waals surface area contributed by atoms with Crippen molar-refractivity contribution in [2.75, 3.05) is 13.2 Å². The number of rotatable bonds is 22. The zero-order chi connectivity index (χ0) is 23.7. The highest BCUT2D eigenvalue weighted by atomic mass is 31.1. The maximum Gasteiger partial charge on any atom is 0.194 e. The normalized spacial score (nSPS) is 12.3. The number of hydrogen-bond acceptors (Lipinski definition) is 4. The average Bonchev–Trinajstić information content (AvgIpc) is 2.78. The molecule has 0 bridgehead atoms. The van der Waals surface area contributed by atoms with Crippen LogP contribution in [0.1, 0.15) is 109 Å². The fourth-order valence-electron chi connectivity index (χ4n) is 3.55. The van der Waals surface area contributed by atoms with Gasteiger partial charge in [0.25, 0.3) is 0 Å². The van der Waals surface area contributed by atoms with E-state index in [4.69, 9.17) is 23.1 Å². The van der Waals surface area contributed by atoms with Crippen LogP contribution in [0.5, 0.6) is 0 Å². The summed E-state index contributed by atoms with van der Waals surface area (Å²) in [5.41, 5.74) is 0.975. The average molecular weight is 461 g/mol. The molecule has 0 heterocycles. The highest BCUT2D eigenvalue weighted by Crippen LogP contribution is 2.30. The summed E-state index contributed by atoms with van der Waals surface area (Å²) in [6.45, 7) is 0.533. The molecule has 1 atom stereocenters. The van der Waals surface area contributed by atoms with E-state index in [-0.39, 0.29) is 6.61 Å². The van der Waals surface area contributed by atoms with E-state index in [1.165, 1.54) is 44.9 Å². The monoisotopic (exact) mass is 460 g/mol. The van der Waals surface area contributed by atoms with Crippen LogP contribution < -0.4 is 10.2 Å². The van der Waals surface area contributed by atoms with Crippen LogP contribution in [-0.2, 0) is 0 Å². The van der Waals surface area contributed by atoms with Crippen molar-refractivity contribution in [1.82, 2.24) is 5.32 Å². The Morgan fingerprint density at radius 2 is 1.28 bits per heavy atom. The first kappa shape index (κ1) is 30.4. The predicted octanol–water partition coefficient (Wildman–Crippen LogP) is 6.75. The lowest BCUT2D eigenvalue weighted by molar-refractivity contribution is -0.154. The zero-order valence-electron chi connectivity index (χ0n) is 20.0. The van der Waals surface area contributed by atoms with Crippen LogP contribution in [0.15, 0.2) is 23.2 Å². The second-order valence-electron chi connectivity index (χ2n) is 8.27. The summed E-state index contributed by atoms with van der Waals surface area (Å²) in [6, 6.07) is 0. The smallest absolute Gasteiger partial charge is 0.194 e. The molecule has 0 aromatic carbocycles. The van der Waals surface area contributed by atoms with Gasteiger partial charge in [0.2, 0.25) is 0 Å². The molecule has 4 nitrogen and oxygen atoms in total. The number of aliphatic hydroxyl groups is 1. The van der Waals surface area contributed by atoms with Gasteiger partial charge in [-0.1, -0.05) is 57.4 Å². The maximum atomic E-state index is 12.0. The summed E-state index contributed by atoms with van der Waals surface area (Å²) < 4.78 is 0. The summed E-state index contributed by atoms with van der Waals surface area (Å²) in [4.78, 5) is 12.0. The quantitative estimate of drug-likeness (QED) is 0.0949. The van der Waals surface area contributed by atoms with Gasteiger partial charge in [-0.15, -0.1) is 29.8 Å². The standard InChI is InChI=1S/C27H45N2O2P/c1-3-5-7-9-11-13-15-17-19-21-26(29-23-24-30)25-27(32(28)31)22-20-18-16-14-12-10-8-6-4-2/h1-2,21-22,28-30H,5-20,23-25H2. The number of aliphatic hydroxyl groups excluding tert-OH is 1. The lowest BCUT2D eigenvalue weighted by Crippen LogP contribution is -2.18. The summed E-state index contributed by atoms with van der Waals surface area (Å²) >= 11 is 0. The van der Waals surface area contributed by atoms with Gasteiger partial charge in [-0.2, -0.15) is 0 Å². The fourth-order valence-corrected chi connectivity index (χ4v) is 4.16. The third-order valence-corrected chi connectivity index (χ3v) is 6.28. The van der Waals surface area contributed by atoms with Crippen LogP contribution in [0.3, 0.4) is 0 Å². The Labute approximate surface area is 198 Å². The lowest BCUT2D eigenvalue weighted by Gasteiger charge is -2.10. The van der Waals surface area contributed by atoms with Gasteiger partial charge in [-0.25, -0.2) is 0 Å². The van der Waals surface area contributed by atoms with Gasteiger partial charge in [0.1, 0.15) is 5.31 Å². The summed E-state index contributed by atoms with van der Waals surface area (Å²) in [6.07, 6.45) is 32.8. The van der Waals surface area contributed by atoms with Crippen molar-refractivity contribution in [1.29, 1.82) is 5.16 Å². The first-order valence-electron chi connectivity index (χ1n) is 12.4. The van der Waals surface area contributed by atoms with Crippen molar-refractivity contribution in [2.24, 2.45) is 0 Å². The number of hydrogen-bond donors (Lipinski definition) is 3. The van der Waals surface area contributed by atoms with Crippen molar-refractivity contribution in [2.45, 2.75) is 109 Å². The van der Waals surface area contributed by atoms with Crippen molar-refractivity contribution in [3.05, 3.63) is 23.2 Å². The third kappa shape index (κ3) is 20.3. The molecule has 0 aromatic rings. The molecular formula is C27H45N2O2P. The minimum Gasteiger partial charge on any atom is -0.608 e. The molecular weight excluding hydrogens is 415 g/mol. The van der Waals surface area contributed by atoms with Crippen LogP contribution in [0.25, 0.3) is 0 Å². The Balaban J connectivity index is 4.33. The van der Waals surface area contributed by atoms with Crippen LogP contribution in [0.2, 0.25) is 0 Å². The molecule has 0 aliphatic carbocycles. The molecule has 0 aliphatic rings. The molecule has 32 heavy (non-hydrogen) atoms. The summed E-state index contributed by atoms with van der Waals surface area (Å²) in [5.74, 6) is 5.36. The highest BCUT2D eigenvalue weighted by molar-refractivity contribution is 7.42. The second kappa shape index (κ2) is 24.1. The zero-order valence-corrected chi connectivity index (χ0v) is 20.9. The number of unbranched alkanes of at least 4 members (excludes halogenated alkanes) is 14. The van der Waals surface area contributed by atoms with E-state index in [9.17, 15) is 4.89 Å². The first-order chi connectivity index (χ1) is 15.7. The summed E-state index contributed by atoms with van der Waals surface area (Å²) in [7, 11) is -2.09. The molecule has 0 aliphatic heterocycles. The van der Waals surface area contributed by atoms with Gasteiger partial charge in [0.05, 0.1) is 13.0 Å². The van der Waals surface area contributed by atoms with Crippen molar-refractivity contribution in [3.8, 4) is 24.7 Å². The van der Waals surface area contributed by atoms with Crippen LogP contribution >= 0.6 is 7.94 Å². The van der Waals surface area contributed by atoms with Gasteiger partial charge in [0.15, 0.2) is 7.94 Å². The largest absolute Gasteiger partial charge is 0.608 e. The van der Waals surface area contributed by atoms with E-state index >= 15 is 0 Å². The number of nitrogens with one attached hydrogen (secondary N) is 2. The van der Waals surface area contributed by atoms with Crippen molar-refractivity contribution in [3.63, 3.8) is 0 Å². The molecule has 0 radical (unpaired) electrons. The van der Waals surface area contributed by atoms with E-state index in [1.807, 2.05) is 6.08 Å². The molecule has 3 N–H and O–H groups in total. The molecule has 0 saturated carbocycles. The van der Waals surface area contributed by atoms with E-state index in [2.05, 4.69) is 23.2 Å². The molecule has 0 saturated heterocycles. The van der Waals surface area contributed by atoms with E-state index < -0.39 is 7.94 Å². The van der Waals surface area contributed by atoms with Crippen LogP contribution in [0, 0.1) is 29.8 Å². The molecule has 0 amide bonds. The Morgan fingerprint density at radius 3 is 1.75 bits per heavy atom. The first-order valence-corrected chi connectivity index (χ1v) is 13.7. The van der Waals surface area contributed by atoms with Crippen molar-refractivity contribution < 1.29 is 10.00 Å². The van der Waals surface area contributed by atoms with E-state index in [0.29, 0.717) is 18.3 Å². The fraction of sp³-hybridized carbons (Fsp3) is 0.704. The van der Waals surface area contributed by atoms with Gasteiger partial charge < -0.3 is 15.3 Å². The highest BCUT2D eigenvalue weighted by Gasteiger charge is 2.11. The molecule has 0 rings (SSSR count). The molecule has 0 fully saturated rings. The molecule has 0 aromatic heterocycles. The van der Waals surface area contributed by atoms with Crippen molar-refractivity contribution >= 4 is 7.94 Å². The third-order valence-electron chi connectivity index (χ3n) is 5.42. The Kier molecular flexibility index (Phi) is 22.9. The minimum atomic E-state index is -2.09. The number of allylic oxidation sites excluding steroid dienone is 3. The molecule has 180 valence electrons. The topological polar surface area (TPSA) is 79.2 Å². The van der Waals surface area contributed by atoms with Gasteiger partial charge in [-0.05, 0) is 44.6 Å². The maximum absolute atomic E-state index is 12.0. The van der Waals surface area contributed by atoms with Gasteiger partial charge >= 0.3 is 0 Å². The Hall–Kier alpha value is -1.58. The minimum absolute atomic E-state index is 0.0579. The number of terminal acetylenes is 2. The van der Waals surface area contributed by atoms with Crippen LogP contribution in [0.4, 0.5) is 0 Å². The van der Waals surface area contributed by atoms with Gasteiger partial charge in [0, 0.05) is 25.1 Å². The molecule has 0 spiro atoms. The van der Waals surface area contributed by atoms with Gasteiger partial charge in [-0.3, -0.25) is 0 Å².